The molecule has 1 heterocycles. The Labute approximate surface area is 215 Å². The minimum absolute atomic E-state index is 0.0353. The molecule has 0 radical (unpaired) electrons. The Bertz CT molecular complexity index is 1220. The highest BCUT2D eigenvalue weighted by Gasteiger charge is 2.13. The second-order valence-electron chi connectivity index (χ2n) is 7.88. The summed E-state index contributed by atoms with van der Waals surface area (Å²) in [5, 5.41) is 13.4. The van der Waals surface area contributed by atoms with Crippen molar-refractivity contribution in [1.82, 2.24) is 4.98 Å². The molecule has 0 atom stereocenters. The maximum Gasteiger partial charge on any atom is 0.268 e. The maximum atomic E-state index is 12.7. The van der Waals surface area contributed by atoms with Crippen LogP contribution in [-0.4, -0.2) is 24.6 Å². The van der Waals surface area contributed by atoms with Crippen molar-refractivity contribution in [3.8, 4) is 17.6 Å². The average molecular weight is 510 g/mol. The van der Waals surface area contributed by atoms with Gasteiger partial charge in [0.15, 0.2) is 16.6 Å². The number of hydrogen-bond acceptors (Lipinski definition) is 6. The molecule has 0 saturated heterocycles. The van der Waals surface area contributed by atoms with Gasteiger partial charge in [-0.15, -0.1) is 11.3 Å². The predicted octanol–water partition coefficient (Wildman–Crippen LogP) is 6.90. The van der Waals surface area contributed by atoms with Gasteiger partial charge in [-0.2, -0.15) is 5.26 Å². The summed E-state index contributed by atoms with van der Waals surface area (Å²) in [5.74, 6) is 0.669. The fourth-order valence-electron chi connectivity index (χ4n) is 3.38. The van der Waals surface area contributed by atoms with Crippen molar-refractivity contribution in [3.63, 3.8) is 0 Å². The standard InChI is InChI=1S/C27H28ClN3O3S/c1-3-4-5-6-12-34-24-11-10-20(16-25(24)33-2)13-21(17-29)26(32)31-27-30-18-23(35-27)15-19-8-7-9-22(28)14-19/h7-11,13-14,16,18H,3-6,12,15H2,1-2H3,(H,30,31,32)/b21-13+. The molecule has 1 amide bonds. The fourth-order valence-corrected chi connectivity index (χ4v) is 4.43. The number of thiazole rings is 1. The summed E-state index contributed by atoms with van der Waals surface area (Å²) in [6.07, 6.45) is 8.35. The molecule has 0 fully saturated rings. The molecule has 2 aromatic carbocycles. The second kappa shape index (κ2) is 13.5. The Hall–Kier alpha value is -3.34. The Morgan fingerprint density at radius 3 is 2.80 bits per heavy atom. The van der Waals surface area contributed by atoms with Crippen LogP contribution in [0.25, 0.3) is 6.08 Å². The molecule has 0 aliphatic rings. The second-order valence-corrected chi connectivity index (χ2v) is 9.43. The number of ether oxygens (including phenoxy) is 2. The molecule has 35 heavy (non-hydrogen) atoms. The molecule has 3 rings (SSSR count). The van der Waals surface area contributed by atoms with E-state index >= 15 is 0 Å². The van der Waals surface area contributed by atoms with Crippen molar-refractivity contribution < 1.29 is 14.3 Å². The lowest BCUT2D eigenvalue weighted by molar-refractivity contribution is -0.112. The Kier molecular flexibility index (Phi) is 10.1. The number of anilines is 1. The van der Waals surface area contributed by atoms with Gasteiger partial charge in [0.25, 0.3) is 5.91 Å². The fraction of sp³-hybridized carbons (Fsp3) is 0.296. The first kappa shape index (κ1) is 26.3. The van der Waals surface area contributed by atoms with Crippen LogP contribution >= 0.6 is 22.9 Å². The van der Waals surface area contributed by atoms with Crippen LogP contribution in [0, 0.1) is 11.3 Å². The van der Waals surface area contributed by atoms with Crippen molar-refractivity contribution >= 4 is 40.1 Å². The largest absolute Gasteiger partial charge is 0.493 e. The molecule has 3 aromatic rings. The smallest absolute Gasteiger partial charge is 0.268 e. The first-order valence-electron chi connectivity index (χ1n) is 11.5. The predicted molar refractivity (Wildman–Crippen MR) is 141 cm³/mol. The molecule has 6 nitrogen and oxygen atoms in total. The molecule has 8 heteroatoms. The van der Waals surface area contributed by atoms with Crippen LogP contribution in [0.4, 0.5) is 5.13 Å². The number of nitrogens with zero attached hydrogens (tertiary/aromatic N) is 2. The minimum Gasteiger partial charge on any atom is -0.493 e. The van der Waals surface area contributed by atoms with Gasteiger partial charge in [-0.1, -0.05) is 56.0 Å². The van der Waals surface area contributed by atoms with Crippen LogP contribution in [0.5, 0.6) is 11.5 Å². The van der Waals surface area contributed by atoms with Gasteiger partial charge < -0.3 is 9.47 Å². The molecule has 1 aromatic heterocycles. The molecule has 0 spiro atoms. The van der Waals surface area contributed by atoms with Crippen LogP contribution in [-0.2, 0) is 11.2 Å². The Balaban J connectivity index is 1.64. The van der Waals surface area contributed by atoms with Gasteiger partial charge >= 0.3 is 0 Å². The Morgan fingerprint density at radius 1 is 1.20 bits per heavy atom. The molecule has 0 unspecified atom stereocenters. The highest BCUT2D eigenvalue weighted by Crippen LogP contribution is 2.29. The molecule has 0 aliphatic heterocycles. The monoisotopic (exact) mass is 509 g/mol. The van der Waals surface area contributed by atoms with E-state index in [0.717, 1.165) is 23.3 Å². The number of aromatic nitrogens is 1. The van der Waals surface area contributed by atoms with Crippen molar-refractivity contribution in [2.45, 2.75) is 39.0 Å². The number of methoxy groups -OCH3 is 1. The molecule has 0 bridgehead atoms. The van der Waals surface area contributed by atoms with Crippen LogP contribution in [0.1, 0.15) is 48.6 Å². The van der Waals surface area contributed by atoms with Crippen LogP contribution in [0.2, 0.25) is 5.02 Å². The summed E-state index contributed by atoms with van der Waals surface area (Å²) in [4.78, 5) is 17.9. The first-order chi connectivity index (χ1) is 17.0. The summed E-state index contributed by atoms with van der Waals surface area (Å²) < 4.78 is 11.3. The number of carbonyl (C=O) groups excluding carboxylic acids is 1. The number of rotatable bonds is 12. The van der Waals surface area contributed by atoms with Crippen LogP contribution in [0.15, 0.2) is 54.2 Å². The number of carbonyl (C=O) groups is 1. The zero-order valence-corrected chi connectivity index (χ0v) is 21.4. The SMILES string of the molecule is CCCCCCOc1ccc(/C=C(\C#N)C(=O)Nc2ncc(Cc3cccc(Cl)c3)s2)cc1OC. The van der Waals surface area contributed by atoms with Crippen molar-refractivity contribution in [2.75, 3.05) is 19.0 Å². The van der Waals surface area contributed by atoms with E-state index in [1.54, 1.807) is 31.5 Å². The van der Waals surface area contributed by atoms with Crippen LogP contribution in [0.3, 0.4) is 0 Å². The molecule has 0 saturated carbocycles. The van der Waals surface area contributed by atoms with E-state index in [1.807, 2.05) is 30.3 Å². The third kappa shape index (κ3) is 8.13. The van der Waals surface area contributed by atoms with E-state index in [2.05, 4.69) is 17.2 Å². The lowest BCUT2D eigenvalue weighted by atomic mass is 10.1. The van der Waals surface area contributed by atoms with E-state index < -0.39 is 5.91 Å². The molecular formula is C27H28ClN3O3S. The van der Waals surface area contributed by atoms with Gasteiger partial charge in [0.1, 0.15) is 11.6 Å². The molecule has 1 N–H and O–H groups in total. The van der Waals surface area contributed by atoms with E-state index in [4.69, 9.17) is 21.1 Å². The Morgan fingerprint density at radius 2 is 2.06 bits per heavy atom. The number of halogens is 1. The number of amides is 1. The minimum atomic E-state index is -0.522. The summed E-state index contributed by atoms with van der Waals surface area (Å²) in [6.45, 7) is 2.79. The van der Waals surface area contributed by atoms with E-state index in [-0.39, 0.29) is 5.57 Å². The highest BCUT2D eigenvalue weighted by molar-refractivity contribution is 7.15. The maximum absolute atomic E-state index is 12.7. The van der Waals surface area contributed by atoms with Crippen molar-refractivity contribution in [3.05, 3.63) is 75.3 Å². The number of nitrogens with one attached hydrogen (secondary N) is 1. The quantitative estimate of drug-likeness (QED) is 0.163. The van der Waals surface area contributed by atoms with E-state index in [0.29, 0.717) is 40.2 Å². The van der Waals surface area contributed by atoms with Gasteiger partial charge in [-0.3, -0.25) is 10.1 Å². The summed E-state index contributed by atoms with van der Waals surface area (Å²) in [7, 11) is 1.56. The zero-order chi connectivity index (χ0) is 25.0. The zero-order valence-electron chi connectivity index (χ0n) is 19.8. The van der Waals surface area contributed by atoms with Gasteiger partial charge in [0, 0.05) is 22.5 Å². The molecule has 182 valence electrons. The van der Waals surface area contributed by atoms with Gasteiger partial charge in [0.05, 0.1) is 13.7 Å². The van der Waals surface area contributed by atoms with Crippen molar-refractivity contribution in [1.29, 1.82) is 5.26 Å². The first-order valence-corrected chi connectivity index (χ1v) is 12.6. The third-order valence-electron chi connectivity index (χ3n) is 5.16. The number of nitriles is 1. The summed E-state index contributed by atoms with van der Waals surface area (Å²) >= 11 is 7.41. The van der Waals surface area contributed by atoms with Gasteiger partial charge in [0.2, 0.25) is 0 Å². The summed E-state index contributed by atoms with van der Waals surface area (Å²) in [5.41, 5.74) is 1.68. The average Bonchev–Trinajstić information content (AvgIpc) is 3.29. The normalized spacial score (nSPS) is 11.1. The number of hydrogen-bond donors (Lipinski definition) is 1. The number of unbranched alkanes of at least 4 members (excludes halogenated alkanes) is 3. The lowest BCUT2D eigenvalue weighted by Crippen LogP contribution is -2.13. The van der Waals surface area contributed by atoms with Gasteiger partial charge in [-0.25, -0.2) is 4.98 Å². The highest BCUT2D eigenvalue weighted by atomic mass is 35.5. The lowest BCUT2D eigenvalue weighted by Gasteiger charge is -2.11. The van der Waals surface area contributed by atoms with Crippen LogP contribution < -0.4 is 14.8 Å². The van der Waals surface area contributed by atoms with Gasteiger partial charge in [-0.05, 0) is 47.9 Å². The van der Waals surface area contributed by atoms with E-state index in [9.17, 15) is 10.1 Å². The topological polar surface area (TPSA) is 84.2 Å². The number of benzene rings is 2. The molecule has 0 aliphatic carbocycles. The molecular weight excluding hydrogens is 482 g/mol. The summed E-state index contributed by atoms with van der Waals surface area (Å²) in [6, 6.07) is 14.9. The third-order valence-corrected chi connectivity index (χ3v) is 6.31. The van der Waals surface area contributed by atoms with Crippen molar-refractivity contribution in [2.24, 2.45) is 0 Å². The van der Waals surface area contributed by atoms with E-state index in [1.165, 1.54) is 30.3 Å².